The van der Waals surface area contributed by atoms with Crippen molar-refractivity contribution in [3.8, 4) is 5.75 Å². The molecule has 1 aromatic heterocycles. The predicted molar refractivity (Wildman–Crippen MR) is 90.5 cm³/mol. The fourth-order valence-electron chi connectivity index (χ4n) is 2.53. The van der Waals surface area contributed by atoms with Crippen LogP contribution in [-0.4, -0.2) is 26.8 Å². The van der Waals surface area contributed by atoms with Crippen LogP contribution in [0.5, 0.6) is 5.75 Å². The highest BCUT2D eigenvalue weighted by atomic mass is 16.5. The molecular weight excluding hydrogens is 290 g/mol. The highest BCUT2D eigenvalue weighted by Gasteiger charge is 2.11. The third kappa shape index (κ3) is 3.15. The number of rotatable bonds is 7. The first-order valence-corrected chi connectivity index (χ1v) is 7.57. The Morgan fingerprint density at radius 3 is 2.96 bits per heavy atom. The molecule has 1 N–H and O–H groups in total. The van der Waals surface area contributed by atoms with E-state index in [1.54, 1.807) is 10.8 Å². The number of aromatic nitrogens is 4. The van der Waals surface area contributed by atoms with Gasteiger partial charge in [-0.25, -0.2) is 4.68 Å². The van der Waals surface area contributed by atoms with Crippen LogP contribution in [0.25, 0.3) is 10.8 Å². The lowest BCUT2D eigenvalue weighted by Crippen LogP contribution is -2.09. The topological polar surface area (TPSA) is 64.9 Å². The Morgan fingerprint density at radius 1 is 1.26 bits per heavy atom. The minimum Gasteiger partial charge on any atom is -0.494 e. The van der Waals surface area contributed by atoms with Gasteiger partial charge in [-0.3, -0.25) is 0 Å². The molecule has 0 unspecified atom stereocenters. The molecule has 0 atom stereocenters. The molecule has 0 spiro atoms. The van der Waals surface area contributed by atoms with Crippen molar-refractivity contribution in [2.75, 3.05) is 11.9 Å². The summed E-state index contributed by atoms with van der Waals surface area (Å²) in [4.78, 5) is 0. The van der Waals surface area contributed by atoms with E-state index in [-0.39, 0.29) is 0 Å². The van der Waals surface area contributed by atoms with Crippen LogP contribution in [0.2, 0.25) is 0 Å². The number of nitrogens with zero attached hydrogens (tertiary/aromatic N) is 4. The van der Waals surface area contributed by atoms with E-state index in [9.17, 15) is 0 Å². The lowest BCUT2D eigenvalue weighted by Gasteiger charge is -2.14. The summed E-state index contributed by atoms with van der Waals surface area (Å²) in [6, 6.07) is 12.3. The molecular formula is C17H19N5O. The van der Waals surface area contributed by atoms with E-state index >= 15 is 0 Å². The first kappa shape index (κ1) is 15.0. The van der Waals surface area contributed by atoms with Crippen molar-refractivity contribution in [3.05, 3.63) is 54.6 Å². The maximum absolute atomic E-state index is 5.78. The van der Waals surface area contributed by atoms with Gasteiger partial charge in [-0.15, -0.1) is 6.58 Å². The van der Waals surface area contributed by atoms with Crippen LogP contribution >= 0.6 is 0 Å². The second-order valence-electron chi connectivity index (χ2n) is 5.02. The number of nitrogens with one attached hydrogen (secondary N) is 1. The molecule has 118 valence electrons. The maximum Gasteiger partial charge on any atom is 0.243 e. The largest absolute Gasteiger partial charge is 0.494 e. The zero-order valence-electron chi connectivity index (χ0n) is 13.1. The second kappa shape index (κ2) is 6.91. The number of hydrogen-bond donors (Lipinski definition) is 1. The molecule has 3 aromatic rings. The number of benzene rings is 2. The van der Waals surface area contributed by atoms with E-state index in [0.717, 1.165) is 16.7 Å². The summed E-state index contributed by atoms with van der Waals surface area (Å²) in [7, 11) is 0. The minimum atomic E-state index is 0.559. The summed E-state index contributed by atoms with van der Waals surface area (Å²) in [6.45, 7) is 7.45. The number of fused-ring (bicyclic) bond motifs is 1. The molecule has 0 radical (unpaired) electrons. The molecule has 23 heavy (non-hydrogen) atoms. The quantitative estimate of drug-likeness (QED) is 0.680. The molecule has 0 aliphatic heterocycles. The molecule has 0 saturated carbocycles. The highest BCUT2D eigenvalue weighted by molar-refractivity contribution is 5.88. The van der Waals surface area contributed by atoms with Gasteiger partial charge in [-0.05, 0) is 34.2 Å². The van der Waals surface area contributed by atoms with Crippen LogP contribution in [0.1, 0.15) is 12.5 Å². The molecule has 0 bridgehead atoms. The summed E-state index contributed by atoms with van der Waals surface area (Å²) in [5.74, 6) is 1.49. The van der Waals surface area contributed by atoms with Crippen LogP contribution in [0, 0.1) is 0 Å². The van der Waals surface area contributed by atoms with E-state index in [1.807, 2.05) is 25.1 Å². The van der Waals surface area contributed by atoms with Gasteiger partial charge in [0.15, 0.2) is 0 Å². The van der Waals surface area contributed by atoms with Crippen LogP contribution in [0.3, 0.4) is 0 Å². The Bertz CT molecular complexity index is 812. The lowest BCUT2D eigenvalue weighted by molar-refractivity contribution is 0.337. The molecule has 0 aliphatic rings. The molecule has 0 fully saturated rings. The lowest BCUT2D eigenvalue weighted by atomic mass is 10.0. The SMILES string of the molecule is C=CCn1nnnc1NCc1c(OCC)ccc2ccccc12. The van der Waals surface area contributed by atoms with Gasteiger partial charge in [0, 0.05) is 12.1 Å². The fraction of sp³-hybridized carbons (Fsp3) is 0.235. The van der Waals surface area contributed by atoms with Crippen molar-refractivity contribution in [1.29, 1.82) is 0 Å². The predicted octanol–water partition coefficient (Wildman–Crippen LogP) is 3.02. The maximum atomic E-state index is 5.78. The molecule has 2 aromatic carbocycles. The van der Waals surface area contributed by atoms with Gasteiger partial charge in [0.1, 0.15) is 5.75 Å². The van der Waals surface area contributed by atoms with Gasteiger partial charge in [0.2, 0.25) is 5.95 Å². The van der Waals surface area contributed by atoms with Gasteiger partial charge < -0.3 is 10.1 Å². The second-order valence-corrected chi connectivity index (χ2v) is 5.02. The molecule has 1 heterocycles. The standard InChI is InChI=1S/C17H19N5O/c1-3-11-22-17(19-20-21-22)18-12-15-14-8-6-5-7-13(14)9-10-16(15)23-4-2/h3,5-10H,1,4,11-12H2,2H3,(H,18,19,21). The van der Waals surface area contributed by atoms with Crippen molar-refractivity contribution < 1.29 is 4.74 Å². The fourth-order valence-corrected chi connectivity index (χ4v) is 2.53. The van der Waals surface area contributed by atoms with E-state index in [1.165, 1.54) is 5.39 Å². The van der Waals surface area contributed by atoms with Gasteiger partial charge >= 0.3 is 0 Å². The third-order valence-electron chi connectivity index (χ3n) is 3.55. The van der Waals surface area contributed by atoms with Crippen molar-refractivity contribution in [2.45, 2.75) is 20.0 Å². The third-order valence-corrected chi connectivity index (χ3v) is 3.55. The van der Waals surface area contributed by atoms with Crippen LogP contribution < -0.4 is 10.1 Å². The van der Waals surface area contributed by atoms with E-state index in [0.29, 0.717) is 25.6 Å². The van der Waals surface area contributed by atoms with Crippen LogP contribution in [0.15, 0.2) is 49.1 Å². The van der Waals surface area contributed by atoms with Gasteiger partial charge in [-0.1, -0.05) is 41.5 Å². The Kier molecular flexibility index (Phi) is 4.52. The average molecular weight is 309 g/mol. The zero-order valence-corrected chi connectivity index (χ0v) is 13.1. The number of ether oxygens (including phenoxy) is 1. The van der Waals surface area contributed by atoms with E-state index in [2.05, 4.69) is 45.6 Å². The molecule has 6 heteroatoms. The monoisotopic (exact) mass is 309 g/mol. The molecule has 0 amide bonds. The number of tetrazole rings is 1. The average Bonchev–Trinajstić information content (AvgIpc) is 3.01. The molecule has 0 saturated heterocycles. The minimum absolute atomic E-state index is 0.559. The van der Waals surface area contributed by atoms with Crippen molar-refractivity contribution in [2.24, 2.45) is 0 Å². The van der Waals surface area contributed by atoms with Crippen molar-refractivity contribution in [3.63, 3.8) is 0 Å². The summed E-state index contributed by atoms with van der Waals surface area (Å²) in [6.07, 6.45) is 1.76. The van der Waals surface area contributed by atoms with Gasteiger partial charge in [0.05, 0.1) is 13.2 Å². The zero-order chi connectivity index (χ0) is 16.1. The Hall–Kier alpha value is -2.89. The van der Waals surface area contributed by atoms with Gasteiger partial charge in [0.25, 0.3) is 0 Å². The number of anilines is 1. The Morgan fingerprint density at radius 2 is 2.13 bits per heavy atom. The molecule has 6 nitrogen and oxygen atoms in total. The van der Waals surface area contributed by atoms with Crippen molar-refractivity contribution >= 4 is 16.7 Å². The summed E-state index contributed by atoms with van der Waals surface area (Å²) in [5.41, 5.74) is 1.10. The van der Waals surface area contributed by atoms with Gasteiger partial charge in [-0.2, -0.15) is 0 Å². The Balaban J connectivity index is 1.92. The molecule has 3 rings (SSSR count). The first-order valence-electron chi connectivity index (χ1n) is 7.57. The van der Waals surface area contributed by atoms with Crippen molar-refractivity contribution in [1.82, 2.24) is 20.2 Å². The van der Waals surface area contributed by atoms with Crippen LogP contribution in [0.4, 0.5) is 5.95 Å². The number of allylic oxidation sites excluding steroid dienone is 1. The normalized spacial score (nSPS) is 10.7. The van der Waals surface area contributed by atoms with E-state index in [4.69, 9.17) is 4.74 Å². The van der Waals surface area contributed by atoms with Crippen LogP contribution in [-0.2, 0) is 13.1 Å². The number of hydrogen-bond acceptors (Lipinski definition) is 5. The molecule has 0 aliphatic carbocycles. The first-order chi connectivity index (χ1) is 11.3. The van der Waals surface area contributed by atoms with E-state index < -0.39 is 0 Å². The Labute approximate surface area is 134 Å². The summed E-state index contributed by atoms with van der Waals surface area (Å²) in [5, 5.41) is 17.3. The summed E-state index contributed by atoms with van der Waals surface area (Å²) >= 11 is 0. The summed E-state index contributed by atoms with van der Waals surface area (Å²) < 4.78 is 7.44. The smallest absolute Gasteiger partial charge is 0.243 e. The highest BCUT2D eigenvalue weighted by Crippen LogP contribution is 2.28.